The molecule has 1 N–H and O–H groups in total. The van der Waals surface area contributed by atoms with E-state index in [1.165, 1.54) is 6.20 Å². The lowest BCUT2D eigenvalue weighted by atomic mass is 10.4. The fourth-order valence-corrected chi connectivity index (χ4v) is 0.848. The molecule has 0 amide bonds. The highest BCUT2D eigenvalue weighted by Crippen LogP contribution is 2.25. The SMILES string of the molecule is O=c1[nH]ccc2c1OCO2. The summed E-state index contributed by atoms with van der Waals surface area (Å²) in [6.07, 6.45) is 1.52. The second kappa shape index (κ2) is 1.76. The summed E-state index contributed by atoms with van der Waals surface area (Å²) in [5, 5.41) is 0. The van der Waals surface area contributed by atoms with E-state index in [9.17, 15) is 4.79 Å². The van der Waals surface area contributed by atoms with Crippen LogP contribution in [0.15, 0.2) is 17.1 Å². The number of hydrogen-bond donors (Lipinski definition) is 1. The minimum atomic E-state index is -0.241. The third-order valence-electron chi connectivity index (χ3n) is 1.30. The maximum absolute atomic E-state index is 10.9. The predicted octanol–water partition coefficient (Wildman–Crippen LogP) is 0.104. The van der Waals surface area contributed by atoms with Crippen molar-refractivity contribution in [3.63, 3.8) is 0 Å². The van der Waals surface area contributed by atoms with Crippen LogP contribution >= 0.6 is 0 Å². The molecule has 0 bridgehead atoms. The van der Waals surface area contributed by atoms with E-state index >= 15 is 0 Å². The predicted molar refractivity (Wildman–Crippen MR) is 33.2 cm³/mol. The van der Waals surface area contributed by atoms with E-state index in [1.807, 2.05) is 0 Å². The molecule has 1 aromatic heterocycles. The monoisotopic (exact) mass is 139 g/mol. The van der Waals surface area contributed by atoms with Crippen LogP contribution in [0, 0.1) is 0 Å². The van der Waals surface area contributed by atoms with Crippen LogP contribution in [0.1, 0.15) is 0 Å². The maximum atomic E-state index is 10.9. The van der Waals surface area contributed by atoms with Crippen molar-refractivity contribution >= 4 is 0 Å². The van der Waals surface area contributed by atoms with Gasteiger partial charge in [-0.3, -0.25) is 4.79 Å². The van der Waals surface area contributed by atoms with Crippen molar-refractivity contribution in [3.8, 4) is 11.5 Å². The molecule has 0 radical (unpaired) electrons. The summed E-state index contributed by atoms with van der Waals surface area (Å²) in [6, 6.07) is 1.66. The van der Waals surface area contributed by atoms with Crippen LogP contribution in [-0.2, 0) is 0 Å². The Morgan fingerprint density at radius 3 is 3.20 bits per heavy atom. The second-order valence-corrected chi connectivity index (χ2v) is 1.91. The van der Waals surface area contributed by atoms with Crippen LogP contribution in [-0.4, -0.2) is 11.8 Å². The van der Waals surface area contributed by atoms with E-state index in [1.54, 1.807) is 6.07 Å². The lowest BCUT2D eigenvalue weighted by molar-refractivity contribution is 0.173. The van der Waals surface area contributed by atoms with E-state index < -0.39 is 0 Å². The molecule has 2 heterocycles. The van der Waals surface area contributed by atoms with Crippen LogP contribution in [0.2, 0.25) is 0 Å². The zero-order chi connectivity index (χ0) is 6.97. The molecule has 0 aliphatic carbocycles. The molecule has 2 rings (SSSR count). The van der Waals surface area contributed by atoms with Crippen LogP contribution in [0.3, 0.4) is 0 Å². The molecule has 0 fully saturated rings. The summed E-state index contributed by atoms with van der Waals surface area (Å²) in [5.41, 5.74) is -0.241. The third-order valence-corrected chi connectivity index (χ3v) is 1.30. The molecule has 0 saturated heterocycles. The molecule has 0 spiro atoms. The third kappa shape index (κ3) is 0.586. The summed E-state index contributed by atoms with van der Waals surface area (Å²) < 4.78 is 9.80. The topological polar surface area (TPSA) is 51.3 Å². The Hall–Kier alpha value is -1.45. The smallest absolute Gasteiger partial charge is 0.294 e. The fraction of sp³-hybridized carbons (Fsp3) is 0.167. The Morgan fingerprint density at radius 2 is 2.40 bits per heavy atom. The Balaban J connectivity index is 2.70. The van der Waals surface area contributed by atoms with Crippen molar-refractivity contribution in [2.75, 3.05) is 6.79 Å². The second-order valence-electron chi connectivity index (χ2n) is 1.91. The number of rotatable bonds is 0. The first-order valence-electron chi connectivity index (χ1n) is 2.85. The Morgan fingerprint density at radius 1 is 1.50 bits per heavy atom. The van der Waals surface area contributed by atoms with Crippen LogP contribution in [0.5, 0.6) is 11.5 Å². The van der Waals surface area contributed by atoms with Crippen molar-refractivity contribution < 1.29 is 9.47 Å². The molecular weight excluding hydrogens is 134 g/mol. The molecule has 0 unspecified atom stereocenters. The number of ether oxygens (including phenoxy) is 2. The number of hydrogen-bond acceptors (Lipinski definition) is 3. The molecule has 0 atom stereocenters. The number of fused-ring (bicyclic) bond motifs is 1. The van der Waals surface area contributed by atoms with Gasteiger partial charge in [-0.05, 0) is 0 Å². The molecule has 52 valence electrons. The summed E-state index contributed by atoms with van der Waals surface area (Å²) in [7, 11) is 0. The Kier molecular flexibility index (Phi) is 0.943. The van der Waals surface area contributed by atoms with Gasteiger partial charge in [0.05, 0.1) is 0 Å². The molecule has 1 aromatic rings. The molecule has 0 aromatic carbocycles. The van der Waals surface area contributed by atoms with Gasteiger partial charge >= 0.3 is 0 Å². The van der Waals surface area contributed by atoms with Gasteiger partial charge in [-0.2, -0.15) is 0 Å². The average Bonchev–Trinajstić information content (AvgIpc) is 2.36. The number of nitrogens with one attached hydrogen (secondary N) is 1. The van der Waals surface area contributed by atoms with Crippen molar-refractivity contribution in [3.05, 3.63) is 22.6 Å². The highest BCUT2D eigenvalue weighted by molar-refractivity contribution is 5.38. The minimum absolute atomic E-state index is 0.141. The van der Waals surface area contributed by atoms with Crippen molar-refractivity contribution in [1.82, 2.24) is 4.98 Å². The van der Waals surface area contributed by atoms with E-state index in [2.05, 4.69) is 4.98 Å². The van der Waals surface area contributed by atoms with E-state index in [4.69, 9.17) is 9.47 Å². The van der Waals surface area contributed by atoms with Crippen LogP contribution < -0.4 is 15.0 Å². The highest BCUT2D eigenvalue weighted by Gasteiger charge is 2.15. The van der Waals surface area contributed by atoms with Crippen LogP contribution in [0.4, 0.5) is 0 Å². The quantitative estimate of drug-likeness (QED) is 0.554. The molecule has 4 heteroatoms. The largest absolute Gasteiger partial charge is 0.453 e. The lowest BCUT2D eigenvalue weighted by Crippen LogP contribution is -2.05. The van der Waals surface area contributed by atoms with Crippen molar-refractivity contribution in [2.24, 2.45) is 0 Å². The molecule has 1 aliphatic rings. The molecule has 10 heavy (non-hydrogen) atoms. The van der Waals surface area contributed by atoms with Gasteiger partial charge < -0.3 is 14.5 Å². The summed E-state index contributed by atoms with van der Waals surface area (Å²) in [4.78, 5) is 13.3. The number of aromatic nitrogens is 1. The zero-order valence-electron chi connectivity index (χ0n) is 5.09. The summed E-state index contributed by atoms with van der Waals surface area (Å²) in [5.74, 6) is 0.797. The molecule has 0 saturated carbocycles. The number of aromatic amines is 1. The van der Waals surface area contributed by atoms with Crippen molar-refractivity contribution in [1.29, 1.82) is 0 Å². The van der Waals surface area contributed by atoms with E-state index in [-0.39, 0.29) is 18.1 Å². The molecule has 4 nitrogen and oxygen atoms in total. The molecular formula is C6H5NO3. The minimum Gasteiger partial charge on any atom is -0.453 e. The van der Waals surface area contributed by atoms with Gasteiger partial charge in [0.2, 0.25) is 12.5 Å². The maximum Gasteiger partial charge on any atom is 0.294 e. The number of H-pyrrole nitrogens is 1. The lowest BCUT2D eigenvalue weighted by Gasteiger charge is -1.89. The van der Waals surface area contributed by atoms with Crippen molar-refractivity contribution in [2.45, 2.75) is 0 Å². The van der Waals surface area contributed by atoms with Crippen LogP contribution in [0.25, 0.3) is 0 Å². The van der Waals surface area contributed by atoms with Gasteiger partial charge in [0, 0.05) is 12.3 Å². The van der Waals surface area contributed by atoms with E-state index in [0.717, 1.165) is 0 Å². The Labute approximate surface area is 56.4 Å². The molecule has 1 aliphatic heterocycles. The average molecular weight is 139 g/mol. The van der Waals surface area contributed by atoms with Gasteiger partial charge in [-0.1, -0.05) is 0 Å². The normalized spacial score (nSPS) is 13.6. The van der Waals surface area contributed by atoms with Gasteiger partial charge in [0.1, 0.15) is 0 Å². The summed E-state index contributed by atoms with van der Waals surface area (Å²) in [6.45, 7) is 0.141. The first-order valence-corrected chi connectivity index (χ1v) is 2.85. The first kappa shape index (κ1) is 5.34. The van der Waals surface area contributed by atoms with Gasteiger partial charge in [0.15, 0.2) is 5.75 Å². The standard InChI is InChI=1S/C6H5NO3/c8-6-5-4(1-2-7-6)9-3-10-5/h1-2H,3H2,(H,7,8). The van der Waals surface area contributed by atoms with Gasteiger partial charge in [-0.25, -0.2) is 0 Å². The first-order chi connectivity index (χ1) is 4.88. The fourth-order valence-electron chi connectivity index (χ4n) is 0.848. The zero-order valence-corrected chi connectivity index (χ0v) is 5.09. The summed E-state index contributed by atoms with van der Waals surface area (Å²) >= 11 is 0. The van der Waals surface area contributed by atoms with E-state index in [0.29, 0.717) is 5.75 Å². The Bertz CT molecular complexity index is 304. The van der Waals surface area contributed by atoms with Gasteiger partial charge in [-0.15, -0.1) is 0 Å². The highest BCUT2D eigenvalue weighted by atomic mass is 16.7. The number of pyridine rings is 1. The van der Waals surface area contributed by atoms with Gasteiger partial charge in [0.25, 0.3) is 5.56 Å².